The number of nitrogens with zero attached hydrogens (tertiary/aromatic N) is 1. The number of ether oxygens (including phenoxy) is 1. The number of aryl methyl sites for hydroxylation is 1. The average Bonchev–Trinajstić information content (AvgIpc) is 3.22. The maximum absolute atomic E-state index is 12.8. The third-order valence-electron chi connectivity index (χ3n) is 4.86. The Hall–Kier alpha value is -3.25. The molecule has 1 fully saturated rings. The van der Waals surface area contributed by atoms with E-state index in [1.807, 2.05) is 18.4 Å². The molecule has 1 aromatic heterocycles. The van der Waals surface area contributed by atoms with Gasteiger partial charge in [-0.1, -0.05) is 12.1 Å². The molecule has 1 aliphatic heterocycles. The number of carbonyl (C=O) groups excluding carboxylic acids is 3. The summed E-state index contributed by atoms with van der Waals surface area (Å²) in [6.45, 7) is 3.12. The number of hydrogen-bond donors (Lipinski definition) is 3. The van der Waals surface area contributed by atoms with Gasteiger partial charge in [0.15, 0.2) is 0 Å². The van der Waals surface area contributed by atoms with Crippen molar-refractivity contribution in [3.05, 3.63) is 57.3 Å². The third-order valence-corrected chi connectivity index (χ3v) is 5.90. The van der Waals surface area contributed by atoms with E-state index in [-0.39, 0.29) is 36.2 Å². The van der Waals surface area contributed by atoms with Crippen LogP contribution < -0.4 is 10.6 Å². The first-order valence-electron chi connectivity index (χ1n) is 9.85. The molecule has 8 nitrogen and oxygen atoms in total. The molecule has 1 unspecified atom stereocenters. The molecule has 33 heavy (non-hydrogen) atoms. The number of rotatable bonds is 5. The van der Waals surface area contributed by atoms with Gasteiger partial charge in [0, 0.05) is 24.2 Å². The molecule has 3 N–H and O–H groups in total. The first kappa shape index (κ1) is 24.4. The van der Waals surface area contributed by atoms with Crippen LogP contribution in [-0.4, -0.2) is 67.0 Å². The van der Waals surface area contributed by atoms with Crippen LogP contribution in [0.15, 0.2) is 35.7 Å². The lowest BCUT2D eigenvalue weighted by Crippen LogP contribution is -2.53. The van der Waals surface area contributed by atoms with Gasteiger partial charge in [-0.25, -0.2) is 0 Å². The van der Waals surface area contributed by atoms with Crippen LogP contribution in [0.5, 0.6) is 0 Å². The van der Waals surface area contributed by atoms with Gasteiger partial charge in [0.2, 0.25) is 0 Å². The molecule has 0 aliphatic carbocycles. The fourth-order valence-electron chi connectivity index (χ4n) is 3.13. The predicted molar refractivity (Wildman–Crippen MR) is 115 cm³/mol. The van der Waals surface area contributed by atoms with Crippen molar-refractivity contribution in [1.29, 1.82) is 5.41 Å². The van der Waals surface area contributed by atoms with Crippen LogP contribution in [0.4, 0.5) is 13.2 Å². The summed E-state index contributed by atoms with van der Waals surface area (Å²) in [6, 6.07) is 6.62. The third kappa shape index (κ3) is 6.17. The van der Waals surface area contributed by atoms with Crippen molar-refractivity contribution in [2.45, 2.75) is 19.1 Å². The van der Waals surface area contributed by atoms with Crippen LogP contribution in [0.2, 0.25) is 0 Å². The highest BCUT2D eigenvalue weighted by Crippen LogP contribution is 2.19. The SMILES string of the molecule is Cc1csc(C(=O)N2CCOCC2CNC(=O)c2ccc(C(=N)NC(=O)C(F)(F)F)cc2)c1. The van der Waals surface area contributed by atoms with Crippen molar-refractivity contribution in [2.75, 3.05) is 26.3 Å². The molecule has 0 spiro atoms. The van der Waals surface area contributed by atoms with Gasteiger partial charge < -0.3 is 20.3 Å². The van der Waals surface area contributed by atoms with Crippen LogP contribution in [-0.2, 0) is 9.53 Å². The van der Waals surface area contributed by atoms with Crippen molar-refractivity contribution in [3.63, 3.8) is 0 Å². The van der Waals surface area contributed by atoms with Crippen molar-refractivity contribution in [2.24, 2.45) is 0 Å². The molecule has 1 aromatic carbocycles. The monoisotopic (exact) mass is 482 g/mol. The summed E-state index contributed by atoms with van der Waals surface area (Å²) in [4.78, 5) is 38.6. The minimum atomic E-state index is -5.10. The van der Waals surface area contributed by atoms with E-state index in [0.29, 0.717) is 18.0 Å². The number of benzene rings is 1. The normalized spacial score (nSPS) is 16.2. The number of morpholine rings is 1. The van der Waals surface area contributed by atoms with E-state index in [1.54, 1.807) is 4.90 Å². The summed E-state index contributed by atoms with van der Waals surface area (Å²) in [7, 11) is 0. The number of nitrogens with one attached hydrogen (secondary N) is 3. The highest BCUT2D eigenvalue weighted by Gasteiger charge is 2.39. The van der Waals surface area contributed by atoms with Crippen molar-refractivity contribution >= 4 is 34.9 Å². The van der Waals surface area contributed by atoms with Gasteiger partial charge >= 0.3 is 12.1 Å². The number of alkyl halides is 3. The predicted octanol–water partition coefficient (Wildman–Crippen LogP) is 2.33. The van der Waals surface area contributed by atoms with Gasteiger partial charge in [0.1, 0.15) is 5.84 Å². The molecule has 0 saturated carbocycles. The summed E-state index contributed by atoms with van der Waals surface area (Å²) < 4.78 is 42.4. The molecule has 3 amide bonds. The van der Waals surface area contributed by atoms with E-state index >= 15 is 0 Å². The van der Waals surface area contributed by atoms with Gasteiger partial charge in [0.05, 0.1) is 24.1 Å². The summed E-state index contributed by atoms with van der Waals surface area (Å²) in [5.41, 5.74) is 1.21. The van der Waals surface area contributed by atoms with E-state index in [1.165, 1.54) is 40.9 Å². The lowest BCUT2D eigenvalue weighted by Gasteiger charge is -2.35. The number of amidine groups is 1. The maximum Gasteiger partial charge on any atom is 0.471 e. The smallest absolute Gasteiger partial charge is 0.377 e. The van der Waals surface area contributed by atoms with Crippen LogP contribution >= 0.6 is 11.3 Å². The Labute approximate surface area is 191 Å². The fraction of sp³-hybridized carbons (Fsp3) is 0.333. The zero-order valence-electron chi connectivity index (χ0n) is 17.5. The second-order valence-electron chi connectivity index (χ2n) is 7.33. The average molecular weight is 482 g/mol. The standard InChI is InChI=1S/C21H21F3N4O4S/c1-12-8-16(33-11-12)19(30)28-6-7-32-10-15(28)9-26-18(29)14-4-2-13(3-5-14)17(25)27-20(31)21(22,23)24/h2-5,8,11,15H,6-7,9-10H2,1H3,(H,26,29)(H2,25,27,31). The number of carbonyl (C=O) groups is 3. The summed E-state index contributed by atoms with van der Waals surface area (Å²) in [5.74, 6) is -3.57. The second-order valence-corrected chi connectivity index (χ2v) is 8.24. The largest absolute Gasteiger partial charge is 0.471 e. The van der Waals surface area contributed by atoms with Crippen molar-refractivity contribution in [1.82, 2.24) is 15.5 Å². The number of halogens is 3. The van der Waals surface area contributed by atoms with Crippen molar-refractivity contribution in [3.8, 4) is 0 Å². The summed E-state index contributed by atoms with van der Waals surface area (Å²) in [5, 5.41) is 13.7. The van der Waals surface area contributed by atoms with Gasteiger partial charge in [-0.05, 0) is 36.1 Å². The Balaban J connectivity index is 1.58. The van der Waals surface area contributed by atoms with Gasteiger partial charge in [-0.2, -0.15) is 13.2 Å². The number of hydrogen-bond acceptors (Lipinski definition) is 6. The molecule has 1 aliphatic rings. The topological polar surface area (TPSA) is 112 Å². The maximum atomic E-state index is 12.8. The Morgan fingerprint density at radius 3 is 2.48 bits per heavy atom. The van der Waals surface area contributed by atoms with E-state index in [9.17, 15) is 27.6 Å². The number of amides is 3. The molecule has 176 valence electrons. The second kappa shape index (κ2) is 10.1. The molecular formula is C21H21F3N4O4S. The van der Waals surface area contributed by atoms with Gasteiger partial charge in [-0.15, -0.1) is 11.3 Å². The molecule has 2 aromatic rings. The molecule has 12 heteroatoms. The fourth-order valence-corrected chi connectivity index (χ4v) is 3.99. The quantitative estimate of drug-likeness (QED) is 0.449. The summed E-state index contributed by atoms with van der Waals surface area (Å²) >= 11 is 1.36. The molecule has 1 saturated heterocycles. The molecular weight excluding hydrogens is 461 g/mol. The van der Waals surface area contributed by atoms with E-state index in [2.05, 4.69) is 5.32 Å². The molecule has 0 radical (unpaired) electrons. The Kier molecular flexibility index (Phi) is 7.49. The first-order valence-corrected chi connectivity index (χ1v) is 10.7. The van der Waals surface area contributed by atoms with E-state index in [4.69, 9.17) is 10.1 Å². The van der Waals surface area contributed by atoms with Gasteiger partial charge in [-0.3, -0.25) is 19.8 Å². The zero-order chi connectivity index (χ0) is 24.2. The lowest BCUT2D eigenvalue weighted by atomic mass is 10.1. The van der Waals surface area contributed by atoms with E-state index < -0.39 is 23.8 Å². The Morgan fingerprint density at radius 2 is 1.88 bits per heavy atom. The molecule has 3 rings (SSSR count). The van der Waals surface area contributed by atoms with E-state index in [0.717, 1.165) is 5.56 Å². The minimum absolute atomic E-state index is 0.00726. The first-order chi connectivity index (χ1) is 15.6. The van der Waals surface area contributed by atoms with Crippen LogP contribution in [0.25, 0.3) is 0 Å². The van der Waals surface area contributed by atoms with Crippen LogP contribution in [0.1, 0.15) is 31.2 Å². The summed E-state index contributed by atoms with van der Waals surface area (Å²) in [6.07, 6.45) is -5.10. The van der Waals surface area contributed by atoms with Crippen LogP contribution in [0.3, 0.4) is 0 Å². The van der Waals surface area contributed by atoms with Crippen molar-refractivity contribution < 1.29 is 32.3 Å². The highest BCUT2D eigenvalue weighted by atomic mass is 32.1. The molecule has 2 heterocycles. The number of thiophene rings is 1. The lowest BCUT2D eigenvalue weighted by molar-refractivity contribution is -0.171. The highest BCUT2D eigenvalue weighted by molar-refractivity contribution is 7.12. The Morgan fingerprint density at radius 1 is 1.21 bits per heavy atom. The van der Waals surface area contributed by atoms with Crippen LogP contribution in [0, 0.1) is 12.3 Å². The zero-order valence-corrected chi connectivity index (χ0v) is 18.3. The molecule has 0 bridgehead atoms. The Bertz CT molecular complexity index is 1050. The molecule has 1 atom stereocenters. The van der Waals surface area contributed by atoms with Gasteiger partial charge in [0.25, 0.3) is 11.8 Å². The minimum Gasteiger partial charge on any atom is -0.377 e.